The summed E-state index contributed by atoms with van der Waals surface area (Å²) in [5.41, 5.74) is 5.32. The van der Waals surface area contributed by atoms with Crippen LogP contribution in [0, 0.1) is 5.92 Å². The highest BCUT2D eigenvalue weighted by molar-refractivity contribution is 7.89. The van der Waals surface area contributed by atoms with Crippen molar-refractivity contribution in [2.45, 2.75) is 33.1 Å². The van der Waals surface area contributed by atoms with Gasteiger partial charge in [-0.3, -0.25) is 0 Å². The van der Waals surface area contributed by atoms with Crippen LogP contribution in [0.2, 0.25) is 0 Å². The summed E-state index contributed by atoms with van der Waals surface area (Å²) in [5, 5.41) is 0. The first kappa shape index (κ1) is 14.8. The summed E-state index contributed by atoms with van der Waals surface area (Å²) < 4.78 is 25.3. The van der Waals surface area contributed by atoms with Crippen LogP contribution < -0.4 is 10.5 Å². The molecule has 0 radical (unpaired) electrons. The topological polar surface area (TPSA) is 72.2 Å². The van der Waals surface area contributed by atoms with Crippen molar-refractivity contribution in [3.63, 3.8) is 0 Å². The lowest BCUT2D eigenvalue weighted by atomic mass is 10.2. The van der Waals surface area contributed by atoms with E-state index in [0.29, 0.717) is 18.0 Å². The van der Waals surface area contributed by atoms with E-state index in [1.807, 2.05) is 13.8 Å². The number of nitrogens with one attached hydrogen (secondary N) is 1. The number of hydrogen-bond acceptors (Lipinski definition) is 3. The van der Waals surface area contributed by atoms with E-state index >= 15 is 0 Å². The van der Waals surface area contributed by atoms with Gasteiger partial charge in [0.1, 0.15) is 0 Å². The first-order chi connectivity index (χ1) is 6.83. The van der Waals surface area contributed by atoms with Crippen molar-refractivity contribution in [3.8, 4) is 0 Å². The molecule has 0 bridgehead atoms. The summed E-state index contributed by atoms with van der Waals surface area (Å²) in [5.74, 6) is 0.335. The van der Waals surface area contributed by atoms with E-state index < -0.39 is 10.0 Å². The Kier molecular flexibility index (Phi) is 7.04. The Hall–Kier alpha value is -0.200. The monoisotopic (exact) mass is 252 g/mol. The second-order valence-electron chi connectivity index (χ2n) is 3.99. The fourth-order valence-corrected chi connectivity index (χ4v) is 2.74. The molecule has 0 aromatic rings. The molecule has 0 saturated heterocycles. The Morgan fingerprint density at radius 1 is 1.40 bits per heavy atom. The lowest BCUT2D eigenvalue weighted by Gasteiger charge is -2.08. The number of unbranched alkanes of at least 4 members (excludes halogenated alkanes) is 1. The zero-order valence-corrected chi connectivity index (χ0v) is 11.0. The van der Waals surface area contributed by atoms with Crippen LogP contribution in [0.3, 0.4) is 0 Å². The van der Waals surface area contributed by atoms with Crippen LogP contribution in [0.1, 0.15) is 33.1 Å². The predicted molar refractivity (Wildman–Crippen MR) is 67.3 cm³/mol. The molecule has 15 heavy (non-hydrogen) atoms. The first-order valence-corrected chi connectivity index (χ1v) is 7.15. The third kappa shape index (κ3) is 10.1. The summed E-state index contributed by atoms with van der Waals surface area (Å²) >= 11 is 4.71. The largest absolute Gasteiger partial charge is 0.393 e. The van der Waals surface area contributed by atoms with Gasteiger partial charge in [-0.1, -0.05) is 26.1 Å². The maximum absolute atomic E-state index is 11.4. The quantitative estimate of drug-likeness (QED) is 0.500. The lowest BCUT2D eigenvalue weighted by Crippen LogP contribution is -2.29. The molecule has 3 N–H and O–H groups in total. The summed E-state index contributed by atoms with van der Waals surface area (Å²) in [6, 6.07) is 0. The van der Waals surface area contributed by atoms with Crippen LogP contribution in [-0.2, 0) is 10.0 Å². The van der Waals surface area contributed by atoms with Crippen molar-refractivity contribution in [1.82, 2.24) is 4.72 Å². The number of nitrogens with two attached hydrogens (primary N) is 1. The molecule has 0 amide bonds. The highest BCUT2D eigenvalue weighted by Gasteiger charge is 2.11. The molecule has 4 nitrogen and oxygen atoms in total. The van der Waals surface area contributed by atoms with Crippen LogP contribution in [0.4, 0.5) is 0 Å². The number of sulfonamides is 1. The summed E-state index contributed by atoms with van der Waals surface area (Å²) in [4.78, 5) is 0.486. The third-order valence-corrected chi connectivity index (χ3v) is 3.68. The van der Waals surface area contributed by atoms with Gasteiger partial charge in [0.05, 0.1) is 10.7 Å². The van der Waals surface area contributed by atoms with Crippen molar-refractivity contribution < 1.29 is 8.42 Å². The Balaban J connectivity index is 3.62. The average Bonchev–Trinajstić information content (AvgIpc) is 1.99. The molecule has 0 rings (SSSR count). The molecule has 0 aliphatic heterocycles. The van der Waals surface area contributed by atoms with Crippen LogP contribution in [0.5, 0.6) is 0 Å². The number of rotatable bonds is 8. The van der Waals surface area contributed by atoms with Crippen LogP contribution in [0.25, 0.3) is 0 Å². The van der Waals surface area contributed by atoms with Crippen LogP contribution >= 0.6 is 12.2 Å². The normalized spacial score (nSPS) is 11.9. The highest BCUT2D eigenvalue weighted by Crippen LogP contribution is 1.99. The van der Waals surface area contributed by atoms with Crippen LogP contribution in [-0.4, -0.2) is 25.7 Å². The van der Waals surface area contributed by atoms with E-state index in [-0.39, 0.29) is 11.7 Å². The Labute approximate surface area is 97.7 Å². The van der Waals surface area contributed by atoms with Crippen molar-refractivity contribution in [3.05, 3.63) is 0 Å². The minimum Gasteiger partial charge on any atom is -0.393 e. The van der Waals surface area contributed by atoms with E-state index in [9.17, 15) is 8.42 Å². The maximum Gasteiger partial charge on any atom is 0.211 e. The molecule has 0 spiro atoms. The predicted octanol–water partition coefficient (Wildman–Crippen LogP) is 1.02. The van der Waals surface area contributed by atoms with E-state index in [0.717, 1.165) is 12.8 Å². The molecule has 0 aromatic carbocycles. The fourth-order valence-electron chi connectivity index (χ4n) is 1.15. The number of thiocarbonyl (C=S) groups is 1. The van der Waals surface area contributed by atoms with E-state index in [4.69, 9.17) is 18.0 Å². The summed E-state index contributed by atoms with van der Waals surface area (Å²) in [7, 11) is -3.10. The van der Waals surface area contributed by atoms with E-state index in [1.54, 1.807) is 0 Å². The molecular weight excluding hydrogens is 232 g/mol. The Morgan fingerprint density at radius 3 is 2.47 bits per heavy atom. The molecule has 0 aromatic heterocycles. The first-order valence-electron chi connectivity index (χ1n) is 5.09. The minimum atomic E-state index is -3.10. The minimum absolute atomic E-state index is 0.152. The zero-order valence-electron chi connectivity index (χ0n) is 9.32. The molecule has 0 unspecified atom stereocenters. The molecule has 0 saturated carbocycles. The molecule has 90 valence electrons. The van der Waals surface area contributed by atoms with E-state index in [2.05, 4.69) is 4.72 Å². The van der Waals surface area contributed by atoms with Gasteiger partial charge in [0.2, 0.25) is 10.0 Å². The standard InChI is InChI=1S/C9H20N2O2S2/c1-8(2)7-15(12,13)11-6-4-3-5-9(10)14/h8,11H,3-7H2,1-2H3,(H2,10,14). The average molecular weight is 252 g/mol. The molecular formula is C9H20N2O2S2. The molecule has 0 fully saturated rings. The number of hydrogen-bond donors (Lipinski definition) is 2. The molecule has 0 atom stereocenters. The van der Waals surface area contributed by atoms with Crippen molar-refractivity contribution >= 4 is 27.2 Å². The second-order valence-corrected chi connectivity index (χ2v) is 6.37. The summed E-state index contributed by atoms with van der Waals surface area (Å²) in [6.07, 6.45) is 2.29. The zero-order chi connectivity index (χ0) is 11.9. The third-order valence-electron chi connectivity index (χ3n) is 1.72. The van der Waals surface area contributed by atoms with Gasteiger partial charge in [0.25, 0.3) is 0 Å². The van der Waals surface area contributed by atoms with Gasteiger partial charge in [-0.25, -0.2) is 13.1 Å². The van der Waals surface area contributed by atoms with Gasteiger partial charge in [-0.2, -0.15) is 0 Å². The fraction of sp³-hybridized carbons (Fsp3) is 0.889. The molecule has 0 heterocycles. The van der Waals surface area contributed by atoms with Crippen molar-refractivity contribution in [1.29, 1.82) is 0 Å². The van der Waals surface area contributed by atoms with Crippen molar-refractivity contribution in [2.75, 3.05) is 12.3 Å². The van der Waals surface area contributed by atoms with Gasteiger partial charge < -0.3 is 5.73 Å². The van der Waals surface area contributed by atoms with Gasteiger partial charge in [-0.15, -0.1) is 0 Å². The van der Waals surface area contributed by atoms with Gasteiger partial charge in [0.15, 0.2) is 0 Å². The molecule has 0 aliphatic rings. The van der Waals surface area contributed by atoms with Gasteiger partial charge in [0, 0.05) is 6.54 Å². The highest BCUT2D eigenvalue weighted by atomic mass is 32.2. The summed E-state index contributed by atoms with van der Waals surface area (Å²) in [6.45, 7) is 4.23. The second kappa shape index (κ2) is 7.14. The molecule has 6 heteroatoms. The van der Waals surface area contributed by atoms with Crippen molar-refractivity contribution in [2.24, 2.45) is 11.7 Å². The Bertz CT molecular complexity index is 286. The SMILES string of the molecule is CC(C)CS(=O)(=O)NCCCCC(N)=S. The van der Waals surface area contributed by atoms with Gasteiger partial charge >= 0.3 is 0 Å². The lowest BCUT2D eigenvalue weighted by molar-refractivity contribution is 0.564. The van der Waals surface area contributed by atoms with E-state index in [1.165, 1.54) is 0 Å². The Morgan fingerprint density at radius 2 is 2.00 bits per heavy atom. The molecule has 0 aliphatic carbocycles. The smallest absolute Gasteiger partial charge is 0.211 e. The van der Waals surface area contributed by atoms with Crippen LogP contribution in [0.15, 0.2) is 0 Å². The van der Waals surface area contributed by atoms with Gasteiger partial charge in [-0.05, 0) is 25.2 Å². The maximum atomic E-state index is 11.4.